The fraction of sp³-hybridized carbons (Fsp3) is 0.500. The summed E-state index contributed by atoms with van der Waals surface area (Å²) in [5.41, 5.74) is 6.01. The molecule has 1 saturated carbocycles. The third-order valence-electron chi connectivity index (χ3n) is 9.98. The highest BCUT2D eigenvalue weighted by Crippen LogP contribution is 2.38. The number of carbonyl (C=O) groups is 3. The number of hydrogen-bond acceptors (Lipinski definition) is 8. The number of aromatic amines is 1. The molecule has 0 spiro atoms. The summed E-state index contributed by atoms with van der Waals surface area (Å²) in [4.78, 5) is 56.0. The lowest BCUT2D eigenvalue weighted by Crippen LogP contribution is -2.43. The molecule has 2 aromatic carbocycles. The van der Waals surface area contributed by atoms with E-state index in [-0.39, 0.29) is 18.7 Å². The van der Waals surface area contributed by atoms with Gasteiger partial charge in [-0.15, -0.1) is 0 Å². The van der Waals surface area contributed by atoms with Crippen molar-refractivity contribution in [2.75, 3.05) is 20.7 Å². The minimum absolute atomic E-state index is 0.134. The summed E-state index contributed by atoms with van der Waals surface area (Å²) in [5, 5.41) is 0. The van der Waals surface area contributed by atoms with Crippen molar-refractivity contribution in [1.29, 1.82) is 0 Å². The van der Waals surface area contributed by atoms with Crippen LogP contribution >= 0.6 is 0 Å². The molecule has 11 nitrogen and oxygen atoms in total. The molecule has 1 atom stereocenters. The number of nitrogens with one attached hydrogen (secondary N) is 1. The van der Waals surface area contributed by atoms with Crippen LogP contribution in [-0.4, -0.2) is 81.6 Å². The van der Waals surface area contributed by atoms with Gasteiger partial charge in [0, 0.05) is 44.4 Å². The van der Waals surface area contributed by atoms with Gasteiger partial charge in [0.25, 0.3) is 0 Å². The summed E-state index contributed by atoms with van der Waals surface area (Å²) in [6.45, 7) is 12.0. The average Bonchev–Trinajstić information content (AvgIpc) is 3.93. The van der Waals surface area contributed by atoms with Gasteiger partial charge < -0.3 is 24.1 Å². The van der Waals surface area contributed by atoms with E-state index in [1.807, 2.05) is 84.3 Å². The number of rotatable bonds is 8. The molecule has 1 saturated heterocycles. The summed E-state index contributed by atoms with van der Waals surface area (Å²) in [6, 6.07) is 11.7. The number of esters is 1. The molecule has 1 aliphatic carbocycles. The average molecular weight is 724 g/mol. The molecule has 2 aliphatic heterocycles. The molecule has 6 rings (SSSR count). The van der Waals surface area contributed by atoms with E-state index >= 15 is 0 Å². The van der Waals surface area contributed by atoms with E-state index in [0.29, 0.717) is 30.0 Å². The minimum atomic E-state index is -0.652. The lowest BCUT2D eigenvalue weighted by Gasteiger charge is -2.28. The molecular formula is C42H53N5O6. The quantitative estimate of drug-likeness (QED) is 0.181. The van der Waals surface area contributed by atoms with Gasteiger partial charge in [-0.05, 0) is 113 Å². The Morgan fingerprint density at radius 2 is 1.60 bits per heavy atom. The van der Waals surface area contributed by atoms with Gasteiger partial charge in [0.05, 0.1) is 30.6 Å². The number of amides is 2. The molecule has 2 amide bonds. The number of likely N-dealkylation sites (tertiary alicyclic amines) is 1. The molecule has 53 heavy (non-hydrogen) atoms. The Labute approximate surface area is 312 Å². The molecule has 0 unspecified atom stereocenters. The molecular weight excluding hydrogens is 670 g/mol. The van der Waals surface area contributed by atoms with Gasteiger partial charge in [-0.25, -0.2) is 19.4 Å². The van der Waals surface area contributed by atoms with Gasteiger partial charge in [-0.1, -0.05) is 37.1 Å². The van der Waals surface area contributed by atoms with E-state index in [0.717, 1.165) is 70.7 Å². The number of ether oxygens (including phenoxy) is 3. The highest BCUT2D eigenvalue weighted by atomic mass is 16.6. The monoisotopic (exact) mass is 723 g/mol. The normalized spacial score (nSPS) is 17.8. The molecule has 3 aromatic rings. The predicted molar refractivity (Wildman–Crippen MR) is 206 cm³/mol. The van der Waals surface area contributed by atoms with Gasteiger partial charge in [0.1, 0.15) is 17.0 Å². The number of imidazole rings is 1. The largest absolute Gasteiger partial charge is 0.465 e. The zero-order valence-corrected chi connectivity index (χ0v) is 32.4. The highest BCUT2D eigenvalue weighted by molar-refractivity contribution is 6.04. The molecule has 11 heteroatoms. The first-order chi connectivity index (χ1) is 25.1. The SMILES string of the molecule is COC(=O)c1cc(C2=CN=C([C@@H]3CCCN3C(=O)OC(C)(C)C)C2)ccc1-c1ccc(-c2cnc(C3CCCC3)[nH]2)cc1CN(C)C(=O)OC(C)(C)C. The Hall–Kier alpha value is -4.93. The third-order valence-corrected chi connectivity index (χ3v) is 9.98. The van der Waals surface area contributed by atoms with E-state index in [1.165, 1.54) is 20.0 Å². The van der Waals surface area contributed by atoms with Crippen molar-refractivity contribution in [2.45, 2.75) is 116 Å². The third kappa shape index (κ3) is 8.83. The highest BCUT2D eigenvalue weighted by Gasteiger charge is 2.36. The summed E-state index contributed by atoms with van der Waals surface area (Å²) >= 11 is 0. The van der Waals surface area contributed by atoms with Crippen molar-refractivity contribution in [2.24, 2.45) is 4.99 Å². The molecule has 2 fully saturated rings. The van der Waals surface area contributed by atoms with E-state index in [9.17, 15) is 14.4 Å². The zero-order valence-electron chi connectivity index (χ0n) is 32.4. The van der Waals surface area contributed by atoms with Crippen molar-refractivity contribution >= 4 is 29.4 Å². The second-order valence-electron chi connectivity index (χ2n) is 16.4. The Balaban J connectivity index is 1.31. The maximum absolute atomic E-state index is 13.5. The van der Waals surface area contributed by atoms with E-state index in [4.69, 9.17) is 24.2 Å². The van der Waals surface area contributed by atoms with Crippen LogP contribution in [0.1, 0.15) is 120 Å². The Morgan fingerprint density at radius 3 is 2.30 bits per heavy atom. The van der Waals surface area contributed by atoms with Gasteiger partial charge in [0.15, 0.2) is 0 Å². The minimum Gasteiger partial charge on any atom is -0.465 e. The maximum Gasteiger partial charge on any atom is 0.410 e. The second-order valence-corrected chi connectivity index (χ2v) is 16.4. The van der Waals surface area contributed by atoms with Crippen LogP contribution in [0.4, 0.5) is 9.59 Å². The van der Waals surface area contributed by atoms with Crippen LogP contribution in [0.15, 0.2) is 53.8 Å². The van der Waals surface area contributed by atoms with Crippen LogP contribution in [0.25, 0.3) is 28.0 Å². The Bertz CT molecular complexity index is 1920. The van der Waals surface area contributed by atoms with Crippen LogP contribution < -0.4 is 0 Å². The lowest BCUT2D eigenvalue weighted by molar-refractivity contribution is 0.0261. The Kier molecular flexibility index (Phi) is 10.8. The number of aromatic nitrogens is 2. The van der Waals surface area contributed by atoms with Crippen LogP contribution in [-0.2, 0) is 20.8 Å². The van der Waals surface area contributed by atoms with E-state index in [1.54, 1.807) is 16.8 Å². The fourth-order valence-electron chi connectivity index (χ4n) is 7.44. The van der Waals surface area contributed by atoms with Gasteiger partial charge in [-0.2, -0.15) is 0 Å². The molecule has 1 aromatic heterocycles. The van der Waals surface area contributed by atoms with Crippen molar-refractivity contribution in [3.63, 3.8) is 0 Å². The molecule has 0 radical (unpaired) electrons. The van der Waals surface area contributed by atoms with Gasteiger partial charge >= 0.3 is 18.2 Å². The Morgan fingerprint density at radius 1 is 0.906 bits per heavy atom. The zero-order chi connectivity index (χ0) is 38.1. The smallest absolute Gasteiger partial charge is 0.410 e. The number of hydrogen-bond donors (Lipinski definition) is 1. The molecule has 3 heterocycles. The summed E-state index contributed by atoms with van der Waals surface area (Å²) < 4.78 is 16.7. The first kappa shape index (κ1) is 37.8. The number of carbonyl (C=O) groups excluding carboxylic acids is 3. The molecule has 3 aliphatic rings. The van der Waals surface area contributed by atoms with Crippen LogP contribution in [0.5, 0.6) is 0 Å². The van der Waals surface area contributed by atoms with Crippen molar-refractivity contribution in [3.05, 3.63) is 71.3 Å². The van der Waals surface area contributed by atoms with Crippen molar-refractivity contribution in [1.82, 2.24) is 19.8 Å². The number of methoxy groups -OCH3 is 1. The standard InChI is InChI=1S/C42H53N5O6/c1-41(2,3)52-39(49)46(7)25-30-20-28(35-24-44-37(45-35)26-12-9-10-13-26)16-17-31(30)32-18-15-27(21-33(32)38(48)51-8)29-22-34(43-23-29)36-14-11-19-47(36)40(50)53-42(4,5)6/h15-18,20-21,23-24,26,36H,9-14,19,22,25H2,1-8H3,(H,44,45)/t36-/m0/s1. The topological polar surface area (TPSA) is 126 Å². The predicted octanol–water partition coefficient (Wildman–Crippen LogP) is 9.14. The molecule has 0 bridgehead atoms. The molecule has 1 N–H and O–H groups in total. The maximum atomic E-state index is 13.5. The number of H-pyrrole nitrogens is 1. The van der Waals surface area contributed by atoms with E-state index in [2.05, 4.69) is 11.1 Å². The number of aliphatic imine (C=N–C) groups is 1. The summed E-state index contributed by atoms with van der Waals surface area (Å²) in [6.07, 6.45) is 9.91. The van der Waals surface area contributed by atoms with Gasteiger partial charge in [0.2, 0.25) is 0 Å². The van der Waals surface area contributed by atoms with E-state index < -0.39 is 23.3 Å². The first-order valence-electron chi connectivity index (χ1n) is 18.7. The van der Waals surface area contributed by atoms with Gasteiger partial charge in [-0.3, -0.25) is 9.89 Å². The second kappa shape index (κ2) is 15.2. The number of allylic oxidation sites excluding steroid dienone is 1. The number of benzene rings is 2. The van der Waals surface area contributed by atoms with Crippen molar-refractivity contribution < 1.29 is 28.6 Å². The van der Waals surface area contributed by atoms with Crippen LogP contribution in [0, 0.1) is 0 Å². The lowest BCUT2D eigenvalue weighted by atomic mass is 9.90. The van der Waals surface area contributed by atoms with Crippen molar-refractivity contribution in [3.8, 4) is 22.4 Å². The van der Waals surface area contributed by atoms with Crippen LogP contribution in [0.3, 0.4) is 0 Å². The fourth-order valence-corrected chi connectivity index (χ4v) is 7.44. The first-order valence-corrected chi connectivity index (χ1v) is 18.7. The number of nitrogens with zero attached hydrogens (tertiary/aromatic N) is 4. The summed E-state index contributed by atoms with van der Waals surface area (Å²) in [7, 11) is 3.09. The van der Waals surface area contributed by atoms with Crippen LogP contribution in [0.2, 0.25) is 0 Å². The summed E-state index contributed by atoms with van der Waals surface area (Å²) in [5.74, 6) is 0.982. The molecule has 282 valence electrons.